The predicted octanol–water partition coefficient (Wildman–Crippen LogP) is 2.16. The van der Waals surface area contributed by atoms with Gasteiger partial charge in [0.25, 0.3) is 0 Å². The van der Waals surface area contributed by atoms with Crippen LogP contribution in [0.15, 0.2) is 24.0 Å². The van der Waals surface area contributed by atoms with Crippen molar-refractivity contribution in [3.8, 4) is 11.5 Å². The van der Waals surface area contributed by atoms with Gasteiger partial charge in [-0.2, -0.15) is 0 Å². The van der Waals surface area contributed by atoms with E-state index < -0.39 is 0 Å². The maximum atomic E-state index is 6.46. The van der Waals surface area contributed by atoms with Crippen LogP contribution in [0.2, 0.25) is 0 Å². The van der Waals surface area contributed by atoms with Gasteiger partial charge in [-0.1, -0.05) is 6.07 Å². The highest BCUT2D eigenvalue weighted by Gasteiger charge is 2.63. The van der Waals surface area contributed by atoms with Crippen molar-refractivity contribution in [3.05, 3.63) is 35.1 Å². The van der Waals surface area contributed by atoms with Crippen molar-refractivity contribution in [3.63, 3.8) is 0 Å². The minimum atomic E-state index is 0.00574. The molecule has 116 valence electrons. The Bertz CT molecular complexity index is 683. The third-order valence-corrected chi connectivity index (χ3v) is 6.20. The molecule has 1 saturated heterocycles. The van der Waals surface area contributed by atoms with Crippen LogP contribution in [0.1, 0.15) is 24.0 Å². The van der Waals surface area contributed by atoms with Gasteiger partial charge in [0.2, 0.25) is 0 Å². The van der Waals surface area contributed by atoms with Gasteiger partial charge in [-0.15, -0.1) is 0 Å². The van der Waals surface area contributed by atoms with Crippen LogP contribution in [0.3, 0.4) is 0 Å². The highest BCUT2D eigenvalue weighted by Crippen LogP contribution is 2.62. The number of piperidine rings is 1. The first-order chi connectivity index (χ1) is 10.8. The summed E-state index contributed by atoms with van der Waals surface area (Å²) in [5.74, 6) is 3.39. The van der Waals surface area contributed by atoms with Crippen LogP contribution in [0.25, 0.3) is 0 Å². The summed E-state index contributed by atoms with van der Waals surface area (Å²) in [5.41, 5.74) is 2.89. The van der Waals surface area contributed by atoms with Crippen LogP contribution < -0.4 is 14.8 Å². The molecule has 0 unspecified atom stereocenters. The number of allylic oxidation sites excluding steroid dienone is 1. The zero-order chi connectivity index (χ0) is 14.9. The molecule has 4 heteroatoms. The predicted molar refractivity (Wildman–Crippen MR) is 82.4 cm³/mol. The zero-order valence-corrected chi connectivity index (χ0v) is 13.0. The second kappa shape index (κ2) is 4.19. The Kier molecular flexibility index (Phi) is 2.44. The molecular weight excluding hydrogens is 278 g/mol. The molecule has 0 aromatic heterocycles. The van der Waals surface area contributed by atoms with E-state index in [9.17, 15) is 0 Å². The average Bonchev–Trinajstić information content (AvgIpc) is 2.88. The summed E-state index contributed by atoms with van der Waals surface area (Å²) in [6, 6.07) is 4.82. The van der Waals surface area contributed by atoms with Crippen molar-refractivity contribution in [2.45, 2.75) is 36.8 Å². The van der Waals surface area contributed by atoms with Gasteiger partial charge in [-0.3, -0.25) is 0 Å². The van der Waals surface area contributed by atoms with E-state index in [4.69, 9.17) is 14.2 Å². The number of methoxy groups -OCH3 is 2. The first kappa shape index (κ1) is 12.8. The molecular formula is C18H21NO3. The van der Waals surface area contributed by atoms with Gasteiger partial charge < -0.3 is 19.5 Å². The van der Waals surface area contributed by atoms with Crippen molar-refractivity contribution in [2.75, 3.05) is 20.8 Å². The number of hydrogen-bond acceptors (Lipinski definition) is 4. The van der Waals surface area contributed by atoms with Gasteiger partial charge in [0, 0.05) is 17.0 Å². The molecule has 4 nitrogen and oxygen atoms in total. The topological polar surface area (TPSA) is 39.7 Å². The lowest BCUT2D eigenvalue weighted by atomic mass is 9.53. The van der Waals surface area contributed by atoms with Crippen molar-refractivity contribution < 1.29 is 14.2 Å². The molecule has 2 heterocycles. The van der Waals surface area contributed by atoms with E-state index in [0.717, 1.165) is 43.1 Å². The third kappa shape index (κ3) is 1.29. The fraction of sp³-hybridized carbons (Fsp3) is 0.556. The Morgan fingerprint density at radius 3 is 3.00 bits per heavy atom. The van der Waals surface area contributed by atoms with Crippen LogP contribution >= 0.6 is 0 Å². The molecule has 22 heavy (non-hydrogen) atoms. The second-order valence-corrected chi connectivity index (χ2v) is 6.84. The van der Waals surface area contributed by atoms with E-state index >= 15 is 0 Å². The molecule has 1 aromatic carbocycles. The molecule has 1 fully saturated rings. The van der Waals surface area contributed by atoms with E-state index in [1.54, 1.807) is 14.2 Å². The van der Waals surface area contributed by atoms with Crippen molar-refractivity contribution in [2.24, 2.45) is 5.92 Å². The number of nitrogens with one attached hydrogen (secondary N) is 1. The Hall–Kier alpha value is -1.68. The summed E-state index contributed by atoms with van der Waals surface area (Å²) >= 11 is 0. The Morgan fingerprint density at radius 2 is 2.18 bits per heavy atom. The molecule has 2 aliphatic heterocycles. The lowest BCUT2D eigenvalue weighted by Gasteiger charge is -2.54. The summed E-state index contributed by atoms with van der Waals surface area (Å²) in [5, 5.41) is 3.73. The van der Waals surface area contributed by atoms with Gasteiger partial charge in [0.05, 0.1) is 14.2 Å². The molecule has 4 aliphatic rings. The molecule has 5 rings (SSSR count). The molecule has 0 saturated carbocycles. The van der Waals surface area contributed by atoms with Crippen LogP contribution in [0.5, 0.6) is 11.5 Å². The van der Waals surface area contributed by atoms with Crippen molar-refractivity contribution in [1.29, 1.82) is 0 Å². The van der Waals surface area contributed by atoms with Crippen molar-refractivity contribution in [1.82, 2.24) is 5.32 Å². The molecule has 4 atom stereocenters. The first-order valence-corrected chi connectivity index (χ1v) is 8.14. The van der Waals surface area contributed by atoms with Gasteiger partial charge in [0.1, 0.15) is 5.76 Å². The zero-order valence-electron chi connectivity index (χ0n) is 13.0. The van der Waals surface area contributed by atoms with E-state index in [2.05, 4.69) is 17.5 Å². The lowest BCUT2D eigenvalue weighted by Crippen LogP contribution is -2.63. The maximum absolute atomic E-state index is 6.46. The first-order valence-electron chi connectivity index (χ1n) is 8.14. The number of benzene rings is 1. The largest absolute Gasteiger partial charge is 0.497 e. The SMILES string of the molecule is COC1=CC[C@@H]2[C@@H]3Cc4ccc(OC)c5c4[C@]2(CCN3)[C@@H]1O5. The minimum Gasteiger partial charge on any atom is -0.497 e. The van der Waals surface area contributed by atoms with E-state index in [1.807, 2.05) is 6.07 Å². The minimum absolute atomic E-state index is 0.00574. The smallest absolute Gasteiger partial charge is 0.166 e. The number of rotatable bonds is 2. The molecule has 0 amide bonds. The lowest BCUT2D eigenvalue weighted by molar-refractivity contribution is 0.0182. The van der Waals surface area contributed by atoms with Crippen LogP contribution in [-0.4, -0.2) is 32.9 Å². The van der Waals surface area contributed by atoms with E-state index in [0.29, 0.717) is 12.0 Å². The standard InChI is InChI=1S/C18H21NO3/c1-20-13-5-3-10-9-12-11-4-6-14(21-2)17-18(11,7-8-19-12)15(10)16(13)22-17/h3,5-6,11-12,17,19H,4,7-9H2,1-2H3/t11-,12+,17-,18-/m1/s1. The van der Waals surface area contributed by atoms with E-state index in [-0.39, 0.29) is 11.5 Å². The molecule has 1 N–H and O–H groups in total. The van der Waals surface area contributed by atoms with E-state index in [1.165, 1.54) is 11.1 Å². The van der Waals surface area contributed by atoms with Crippen LogP contribution in [0.4, 0.5) is 0 Å². The highest BCUT2D eigenvalue weighted by molar-refractivity contribution is 5.62. The summed E-state index contributed by atoms with van der Waals surface area (Å²) in [7, 11) is 3.48. The Balaban J connectivity index is 1.81. The second-order valence-electron chi connectivity index (χ2n) is 6.84. The fourth-order valence-electron chi connectivity index (χ4n) is 5.38. The fourth-order valence-corrected chi connectivity index (χ4v) is 5.38. The summed E-state index contributed by atoms with van der Waals surface area (Å²) < 4.78 is 17.7. The van der Waals surface area contributed by atoms with Gasteiger partial charge in [-0.25, -0.2) is 0 Å². The molecule has 0 radical (unpaired) electrons. The van der Waals surface area contributed by atoms with Crippen LogP contribution in [0, 0.1) is 5.92 Å². The monoisotopic (exact) mass is 299 g/mol. The molecule has 2 aliphatic carbocycles. The average molecular weight is 299 g/mol. The quantitative estimate of drug-likeness (QED) is 0.908. The highest BCUT2D eigenvalue weighted by atomic mass is 16.6. The van der Waals surface area contributed by atoms with Gasteiger partial charge in [0.15, 0.2) is 17.6 Å². The summed E-state index contributed by atoms with van der Waals surface area (Å²) in [6.45, 7) is 1.05. The Morgan fingerprint density at radius 1 is 1.27 bits per heavy atom. The van der Waals surface area contributed by atoms with Gasteiger partial charge >= 0.3 is 0 Å². The normalized spacial score (nSPS) is 37.0. The van der Waals surface area contributed by atoms with Crippen molar-refractivity contribution >= 4 is 0 Å². The van der Waals surface area contributed by atoms with Crippen LogP contribution in [-0.2, 0) is 16.6 Å². The summed E-state index contributed by atoms with van der Waals surface area (Å²) in [6.07, 6.45) is 5.50. The van der Waals surface area contributed by atoms with Gasteiger partial charge in [-0.05, 0) is 49.4 Å². The summed E-state index contributed by atoms with van der Waals surface area (Å²) in [4.78, 5) is 0. The Labute approximate surface area is 130 Å². The third-order valence-electron chi connectivity index (χ3n) is 6.20. The maximum Gasteiger partial charge on any atom is 0.166 e. The number of ether oxygens (including phenoxy) is 3. The molecule has 2 bridgehead atoms. The molecule has 1 spiro atoms. The number of hydrogen-bond donors (Lipinski definition) is 1. The molecule has 1 aromatic rings.